The molecule has 86 heavy (non-hydrogen) atoms. The number of esters is 3. The summed E-state index contributed by atoms with van der Waals surface area (Å²) in [6, 6.07) is 8.07. The summed E-state index contributed by atoms with van der Waals surface area (Å²) in [5.41, 5.74) is -5.23. The van der Waals surface area contributed by atoms with E-state index in [-0.39, 0.29) is 30.2 Å². The molecule has 25 nitrogen and oxygen atoms in total. The molecule has 4 saturated carbocycles. The molecule has 3 saturated heterocycles. The Morgan fingerprint density at radius 2 is 1.22 bits per heavy atom. The van der Waals surface area contributed by atoms with Crippen LogP contribution in [0, 0.1) is 56.2 Å². The van der Waals surface area contributed by atoms with Gasteiger partial charge in [-0.1, -0.05) is 92.2 Å². The first-order valence-electron chi connectivity index (χ1n) is 30.0. The number of aliphatic hydroxyl groups is 11. The summed E-state index contributed by atoms with van der Waals surface area (Å²) in [6.07, 6.45) is -29.5. The van der Waals surface area contributed by atoms with Crippen molar-refractivity contribution in [2.45, 2.75) is 230 Å². The van der Waals surface area contributed by atoms with Crippen LogP contribution in [0.15, 0.2) is 42.0 Å². The zero-order valence-corrected chi connectivity index (χ0v) is 50.4. The molecule has 1 aromatic rings. The van der Waals surface area contributed by atoms with E-state index in [1.54, 1.807) is 32.0 Å². The monoisotopic (exact) mass is 1220 g/mol. The van der Waals surface area contributed by atoms with Crippen molar-refractivity contribution in [3.63, 3.8) is 0 Å². The molecule has 3 heterocycles. The summed E-state index contributed by atoms with van der Waals surface area (Å²) in [5.74, 6) is -5.93. The summed E-state index contributed by atoms with van der Waals surface area (Å²) in [7, 11) is 0. The molecule has 27 atom stereocenters. The second-order valence-corrected chi connectivity index (χ2v) is 27.7. The Hall–Kier alpha value is -3.84. The van der Waals surface area contributed by atoms with Crippen LogP contribution < -0.4 is 0 Å². The van der Waals surface area contributed by atoms with Gasteiger partial charge in [0, 0.05) is 10.8 Å². The second-order valence-electron chi connectivity index (χ2n) is 27.7. The number of allylic oxidation sites excluding steroid dienone is 1. The largest absolute Gasteiger partial charge is 0.479 e. The highest BCUT2D eigenvalue weighted by molar-refractivity contribution is 5.91. The smallest absolute Gasteiger partial charge is 0.347 e. The lowest BCUT2D eigenvalue weighted by Crippen LogP contribution is -2.76. The number of benzene rings is 1. The summed E-state index contributed by atoms with van der Waals surface area (Å²) in [5, 5.41) is 134. The van der Waals surface area contributed by atoms with Crippen molar-refractivity contribution in [2.24, 2.45) is 56.2 Å². The second kappa shape index (κ2) is 24.4. The normalized spacial score (nSPS) is 46.3. The Bertz CT molecular complexity index is 2650. The SMILES string of the molecule is CC(C)C(=O)O[C@H]1[C@H](OC(=O)C(C)OC(=O)c2ccccc2)C(C)(C)CC2C3=CCC4[C@@]5(C)CC[C@H](O[C@@H]6OC(C(=O)O)[C@H](O)[C@H](O[C@@H]7O[C@H](CO)[C@H](O)C7O)C6O[C@@H]6OC(CO)[C@H](O)[C@H](O)C6O)C(C)(C)C5CC[C@@]4(C)[C@]3(C)[C@@H](O)[C@@H](O)[C@]21CO. The first-order chi connectivity index (χ1) is 40.2. The fourth-order valence-corrected chi connectivity index (χ4v) is 16.9. The molecule has 9 rings (SSSR count). The average Bonchev–Trinajstić information content (AvgIpc) is 0.718. The summed E-state index contributed by atoms with van der Waals surface area (Å²) >= 11 is 0. The van der Waals surface area contributed by atoms with Crippen LogP contribution in [0.4, 0.5) is 0 Å². The van der Waals surface area contributed by atoms with Gasteiger partial charge in [0.1, 0.15) is 67.1 Å². The topological polar surface area (TPSA) is 394 Å². The fourth-order valence-electron chi connectivity index (χ4n) is 16.9. The first kappa shape index (κ1) is 66.6. The molecule has 0 amide bonds. The molecule has 0 spiro atoms. The van der Waals surface area contributed by atoms with Gasteiger partial charge in [-0.2, -0.15) is 0 Å². The molecule has 25 heteroatoms. The zero-order valence-electron chi connectivity index (χ0n) is 50.4. The average molecular weight is 1220 g/mol. The number of ether oxygens (including phenoxy) is 9. The summed E-state index contributed by atoms with van der Waals surface area (Å²) < 4.78 is 54.6. The highest BCUT2D eigenvalue weighted by atomic mass is 16.8. The standard InChI is InChI=1S/C61H90O25/c1-26(2)50(75)86-48-47(85-51(76)27(3)78-52(77)28-14-12-11-13-15-28)56(4,5)22-30-29-16-17-34-58(8)20-19-35(57(6,7)33(58)18-21-59(34,9)60(29,10)45(71)46(72)61(30,48)25-64)81-55-44(84-54-40(69)38(67)36(65)31(23-62)79-54)42(41(70)43(83-55)49(73)74)82-53-39(68)37(66)32(24-63)80-53/h11-16,26-27,30-48,53-55,62-72H,17-25H2,1-10H3,(H,73,74)/t27?,30?,31?,32-,33?,34?,35+,36+,37+,38+,39?,40?,41-,42+,43?,44?,45+,46-,47+,48+,53+,54+,55-,58+,59-,60+,61+/m1/s1. The summed E-state index contributed by atoms with van der Waals surface area (Å²) in [6.45, 7) is 16.1. The van der Waals surface area contributed by atoms with E-state index in [1.807, 2.05) is 34.6 Å². The number of fused-ring (bicyclic) bond motifs is 7. The van der Waals surface area contributed by atoms with Crippen LogP contribution in [-0.4, -0.2) is 228 Å². The van der Waals surface area contributed by atoms with Crippen LogP contribution in [0.25, 0.3) is 0 Å². The molecule has 9 unspecified atom stereocenters. The van der Waals surface area contributed by atoms with Crippen molar-refractivity contribution in [1.82, 2.24) is 0 Å². The quantitative estimate of drug-likeness (QED) is 0.0456. The van der Waals surface area contributed by atoms with Crippen molar-refractivity contribution in [3.8, 4) is 0 Å². The third-order valence-electron chi connectivity index (χ3n) is 22.0. The summed E-state index contributed by atoms with van der Waals surface area (Å²) in [4.78, 5) is 53.9. The lowest BCUT2D eigenvalue weighted by atomic mass is 9.32. The minimum absolute atomic E-state index is 0.187. The lowest BCUT2D eigenvalue weighted by molar-refractivity contribution is -0.386. The van der Waals surface area contributed by atoms with Gasteiger partial charge in [-0.3, -0.25) is 4.79 Å². The van der Waals surface area contributed by atoms with E-state index >= 15 is 0 Å². The number of rotatable bonds is 16. The van der Waals surface area contributed by atoms with Crippen molar-refractivity contribution >= 4 is 23.9 Å². The van der Waals surface area contributed by atoms with Crippen LogP contribution in [0.3, 0.4) is 0 Å². The minimum Gasteiger partial charge on any atom is -0.479 e. The number of aliphatic carboxylic acids is 1. The Morgan fingerprint density at radius 3 is 1.80 bits per heavy atom. The Balaban J connectivity index is 1.03. The number of hydrogen-bond acceptors (Lipinski definition) is 24. The number of aliphatic hydroxyl groups excluding tert-OH is 11. The van der Waals surface area contributed by atoms with Crippen LogP contribution in [0.5, 0.6) is 0 Å². The van der Waals surface area contributed by atoms with Crippen molar-refractivity contribution in [1.29, 1.82) is 0 Å². The van der Waals surface area contributed by atoms with Crippen LogP contribution in [0.1, 0.15) is 118 Å². The third kappa shape index (κ3) is 10.8. The lowest BCUT2D eigenvalue weighted by Gasteiger charge is -2.73. The van der Waals surface area contributed by atoms with E-state index in [4.69, 9.17) is 42.6 Å². The fraction of sp³-hybridized carbons (Fsp3) is 0.803. The number of carboxylic acids is 1. The number of carbonyl (C=O) groups is 4. The first-order valence-corrected chi connectivity index (χ1v) is 30.0. The number of hydrogen-bond donors (Lipinski definition) is 12. The molecular weight excluding hydrogens is 1130 g/mol. The molecule has 8 aliphatic rings. The van der Waals surface area contributed by atoms with Crippen molar-refractivity contribution in [2.75, 3.05) is 19.8 Å². The molecule has 1 aromatic carbocycles. The Kier molecular flexibility index (Phi) is 18.9. The molecule has 3 aliphatic heterocycles. The van der Waals surface area contributed by atoms with E-state index < -0.39 is 211 Å². The van der Waals surface area contributed by atoms with Crippen molar-refractivity contribution in [3.05, 3.63) is 47.5 Å². The molecule has 0 radical (unpaired) electrons. The molecule has 484 valence electrons. The highest BCUT2D eigenvalue weighted by Gasteiger charge is 2.76. The molecule has 0 aromatic heterocycles. The van der Waals surface area contributed by atoms with Gasteiger partial charge in [-0.15, -0.1) is 0 Å². The van der Waals surface area contributed by atoms with Gasteiger partial charge >= 0.3 is 23.9 Å². The van der Waals surface area contributed by atoms with E-state index in [2.05, 4.69) is 19.9 Å². The van der Waals surface area contributed by atoms with Crippen LogP contribution in [0.2, 0.25) is 0 Å². The highest BCUT2D eigenvalue weighted by Crippen LogP contribution is 2.76. The molecular formula is C61H90O25. The predicted octanol–water partition coefficient (Wildman–Crippen LogP) is 0.232. The Labute approximate surface area is 499 Å². The number of carboxylic acid groups (broad SMARTS) is 1. The van der Waals surface area contributed by atoms with Crippen molar-refractivity contribution < 1.29 is 123 Å². The maximum Gasteiger partial charge on any atom is 0.347 e. The van der Waals surface area contributed by atoms with E-state index in [9.17, 15) is 80.5 Å². The zero-order chi connectivity index (χ0) is 63.3. The van der Waals surface area contributed by atoms with Gasteiger partial charge < -0.3 is 104 Å². The molecule has 12 N–H and O–H groups in total. The molecule has 7 fully saturated rings. The van der Waals surface area contributed by atoms with E-state index in [0.29, 0.717) is 25.7 Å². The van der Waals surface area contributed by atoms with Crippen LogP contribution >= 0.6 is 0 Å². The molecule has 0 bridgehead atoms. The van der Waals surface area contributed by atoms with Gasteiger partial charge in [-0.05, 0) is 91.6 Å². The van der Waals surface area contributed by atoms with Gasteiger partial charge in [0.25, 0.3) is 0 Å². The van der Waals surface area contributed by atoms with E-state index in [1.165, 1.54) is 19.1 Å². The number of carbonyl (C=O) groups excluding carboxylic acids is 3. The van der Waals surface area contributed by atoms with Gasteiger partial charge in [-0.25, -0.2) is 14.4 Å². The Morgan fingerprint density at radius 1 is 0.640 bits per heavy atom. The van der Waals surface area contributed by atoms with Crippen LogP contribution in [-0.2, 0) is 57.0 Å². The van der Waals surface area contributed by atoms with Gasteiger partial charge in [0.15, 0.2) is 37.2 Å². The third-order valence-corrected chi connectivity index (χ3v) is 22.0. The van der Waals surface area contributed by atoms with E-state index in [0.717, 1.165) is 5.57 Å². The molecule has 5 aliphatic carbocycles. The van der Waals surface area contributed by atoms with Gasteiger partial charge in [0.2, 0.25) is 0 Å². The predicted molar refractivity (Wildman–Crippen MR) is 294 cm³/mol. The van der Waals surface area contributed by atoms with Gasteiger partial charge in [0.05, 0.1) is 55.0 Å². The maximum absolute atomic E-state index is 14.1. The minimum atomic E-state index is -2.14. The maximum atomic E-state index is 14.1.